The van der Waals surface area contributed by atoms with Gasteiger partial charge in [-0.25, -0.2) is 13.8 Å². The summed E-state index contributed by atoms with van der Waals surface area (Å²) in [5, 5.41) is 14.4. The Morgan fingerprint density at radius 2 is 1.62 bits per heavy atom. The van der Waals surface area contributed by atoms with Gasteiger partial charge >= 0.3 is 6.61 Å². The number of halogens is 4. The van der Waals surface area contributed by atoms with Crippen molar-refractivity contribution in [3.63, 3.8) is 0 Å². The Labute approximate surface area is 235 Å². The molecule has 11 nitrogen and oxygen atoms in total. The zero-order chi connectivity index (χ0) is 30.6. The normalized spacial score (nSPS) is 11.0. The first-order valence-corrected chi connectivity index (χ1v) is 12.2. The van der Waals surface area contributed by atoms with Crippen LogP contribution in [0.3, 0.4) is 0 Å². The Hall–Kier alpha value is -5.05. The third kappa shape index (κ3) is 6.15. The smallest absolute Gasteiger partial charge is 0.387 e. The fourth-order valence-electron chi connectivity index (χ4n) is 4.12. The van der Waals surface area contributed by atoms with E-state index in [-0.39, 0.29) is 53.3 Å². The van der Waals surface area contributed by atoms with E-state index in [1.165, 1.54) is 45.5 Å². The zero-order valence-corrected chi connectivity index (χ0v) is 22.5. The topological polar surface area (TPSA) is 129 Å². The van der Waals surface area contributed by atoms with Crippen LogP contribution in [0.5, 0.6) is 17.2 Å². The second-order valence-corrected chi connectivity index (χ2v) is 8.59. The first kappa shape index (κ1) is 29.9. The van der Waals surface area contributed by atoms with Gasteiger partial charge < -0.3 is 30.0 Å². The van der Waals surface area contributed by atoms with Crippen LogP contribution in [0.4, 0.5) is 29.1 Å². The minimum atomic E-state index is -3.08. The maximum Gasteiger partial charge on any atom is 0.387 e. The van der Waals surface area contributed by atoms with E-state index in [1.54, 1.807) is 0 Å². The van der Waals surface area contributed by atoms with E-state index in [2.05, 4.69) is 20.4 Å². The van der Waals surface area contributed by atoms with Gasteiger partial charge in [0.2, 0.25) is 0 Å². The van der Waals surface area contributed by atoms with Crippen LogP contribution in [0, 0.1) is 11.6 Å². The second-order valence-electron chi connectivity index (χ2n) is 8.59. The van der Waals surface area contributed by atoms with Crippen LogP contribution in [0.1, 0.15) is 10.4 Å². The third-order valence-electron chi connectivity index (χ3n) is 5.99. The lowest BCUT2D eigenvalue weighted by molar-refractivity contribution is -0.0498. The molecule has 0 aliphatic carbocycles. The summed E-state index contributed by atoms with van der Waals surface area (Å²) in [5.41, 5.74) is -2.48. The molecule has 0 atom stereocenters. The number of methoxy groups -OCH3 is 2. The number of benzene rings is 2. The van der Waals surface area contributed by atoms with E-state index >= 15 is 8.78 Å². The zero-order valence-electron chi connectivity index (χ0n) is 22.5. The van der Waals surface area contributed by atoms with Gasteiger partial charge in [0.15, 0.2) is 5.82 Å². The number of nitrogens with zero attached hydrogens (tertiary/aromatic N) is 3. The highest BCUT2D eigenvalue weighted by Gasteiger charge is 2.28. The molecule has 1 amide bonds. The highest BCUT2D eigenvalue weighted by molar-refractivity contribution is 6.06. The SMILES string of the molecule is COc1cc(NCCO)nc(-n2c(=O)c(NC(=O)c3ccc(OC(F)F)cc3)c(-c3c(F)cc(OC)cc3F)n2C)c1. The fourth-order valence-corrected chi connectivity index (χ4v) is 4.12. The molecule has 0 bridgehead atoms. The van der Waals surface area contributed by atoms with Gasteiger partial charge in [0.1, 0.15) is 46.1 Å². The summed E-state index contributed by atoms with van der Waals surface area (Å²) < 4.78 is 72.2. The van der Waals surface area contributed by atoms with Gasteiger partial charge in [-0.15, -0.1) is 0 Å². The Bertz CT molecular complexity index is 1630. The first-order chi connectivity index (χ1) is 20.1. The van der Waals surface area contributed by atoms with Crippen molar-refractivity contribution in [2.75, 3.05) is 38.0 Å². The van der Waals surface area contributed by atoms with Crippen molar-refractivity contribution in [1.29, 1.82) is 0 Å². The van der Waals surface area contributed by atoms with Gasteiger partial charge in [-0.3, -0.25) is 14.3 Å². The number of nitrogens with one attached hydrogen (secondary N) is 2. The second kappa shape index (κ2) is 12.6. The Kier molecular flexibility index (Phi) is 9.00. The van der Waals surface area contributed by atoms with E-state index in [9.17, 15) is 23.5 Å². The molecule has 42 heavy (non-hydrogen) atoms. The lowest BCUT2D eigenvalue weighted by atomic mass is 10.1. The molecule has 0 aliphatic rings. The van der Waals surface area contributed by atoms with Gasteiger partial charge in [0.05, 0.1) is 26.4 Å². The molecule has 0 saturated carbocycles. The number of aliphatic hydroxyl groups excluding tert-OH is 1. The van der Waals surface area contributed by atoms with Crippen molar-refractivity contribution in [2.45, 2.75) is 6.61 Å². The molecule has 0 unspecified atom stereocenters. The number of anilines is 2. The number of ether oxygens (including phenoxy) is 3. The van der Waals surface area contributed by atoms with Gasteiger partial charge in [-0.1, -0.05) is 0 Å². The molecule has 0 fully saturated rings. The van der Waals surface area contributed by atoms with Crippen LogP contribution in [0.15, 0.2) is 53.3 Å². The fraction of sp³-hybridized carbons (Fsp3) is 0.222. The molecule has 2 heterocycles. The van der Waals surface area contributed by atoms with E-state index in [1.807, 2.05) is 0 Å². The Morgan fingerprint density at radius 1 is 1.00 bits per heavy atom. The third-order valence-corrected chi connectivity index (χ3v) is 5.99. The molecule has 15 heteroatoms. The Balaban J connectivity index is 1.90. The average molecular weight is 592 g/mol. The van der Waals surface area contributed by atoms with Crippen LogP contribution in [0.2, 0.25) is 0 Å². The first-order valence-electron chi connectivity index (χ1n) is 12.2. The van der Waals surface area contributed by atoms with E-state index in [4.69, 9.17) is 9.47 Å². The van der Waals surface area contributed by atoms with Crippen molar-refractivity contribution in [3.8, 4) is 34.3 Å². The molecule has 2 aromatic heterocycles. The van der Waals surface area contributed by atoms with Crippen LogP contribution < -0.4 is 30.4 Å². The number of rotatable bonds is 11. The molecule has 2 aromatic carbocycles. The predicted molar refractivity (Wildman–Crippen MR) is 144 cm³/mol. The lowest BCUT2D eigenvalue weighted by Gasteiger charge is -2.14. The van der Waals surface area contributed by atoms with Crippen molar-refractivity contribution in [3.05, 3.63) is 76.1 Å². The summed E-state index contributed by atoms with van der Waals surface area (Å²) in [6.07, 6.45) is 0. The van der Waals surface area contributed by atoms with E-state index in [0.29, 0.717) is 0 Å². The molecule has 0 aliphatic heterocycles. The summed E-state index contributed by atoms with van der Waals surface area (Å²) in [7, 11) is 3.92. The van der Waals surface area contributed by atoms with Crippen LogP contribution in [0.25, 0.3) is 17.1 Å². The number of aromatic nitrogens is 3. The Morgan fingerprint density at radius 3 is 2.19 bits per heavy atom. The maximum absolute atomic E-state index is 15.3. The van der Waals surface area contributed by atoms with Crippen molar-refractivity contribution in [2.24, 2.45) is 7.05 Å². The largest absolute Gasteiger partial charge is 0.497 e. The van der Waals surface area contributed by atoms with Gasteiger partial charge in [-0.05, 0) is 24.3 Å². The van der Waals surface area contributed by atoms with Crippen LogP contribution in [-0.2, 0) is 7.05 Å². The molecule has 0 spiro atoms. The highest BCUT2D eigenvalue weighted by Crippen LogP contribution is 2.34. The maximum atomic E-state index is 15.3. The molecule has 0 radical (unpaired) electrons. The van der Waals surface area contributed by atoms with Crippen molar-refractivity contribution in [1.82, 2.24) is 14.3 Å². The molecule has 4 rings (SSSR count). The minimum absolute atomic E-state index is 0.0492. The lowest BCUT2D eigenvalue weighted by Crippen LogP contribution is -2.24. The van der Waals surface area contributed by atoms with Crippen molar-refractivity contribution < 1.29 is 41.7 Å². The number of hydrogen-bond acceptors (Lipinski definition) is 8. The number of carbonyl (C=O) groups is 1. The van der Waals surface area contributed by atoms with E-state index in [0.717, 1.165) is 33.6 Å². The summed E-state index contributed by atoms with van der Waals surface area (Å²) in [4.78, 5) is 31.3. The average Bonchev–Trinajstić information content (AvgIpc) is 3.19. The van der Waals surface area contributed by atoms with Crippen LogP contribution >= 0.6 is 0 Å². The molecule has 3 N–H and O–H groups in total. The predicted octanol–water partition coefficient (Wildman–Crippen LogP) is 3.79. The molecular formula is C27H25F4N5O6. The molecule has 4 aromatic rings. The summed E-state index contributed by atoms with van der Waals surface area (Å²) in [6, 6.07) is 9.29. The molecule has 0 saturated heterocycles. The highest BCUT2D eigenvalue weighted by atomic mass is 19.3. The number of amides is 1. The number of carbonyl (C=O) groups excluding carboxylic acids is 1. The standard InChI is InChI=1S/C27H25F4N5O6/c1-35-24(22-18(28)10-16(40-2)11-19(22)29)23(34-25(38)14-4-6-15(7-5-14)42-27(30)31)26(39)36(35)21-13-17(41-3)12-20(33-21)32-8-9-37/h4-7,10-13,27,37H,8-9H2,1-3H3,(H,32,33)(H,34,38). The summed E-state index contributed by atoms with van der Waals surface area (Å²) >= 11 is 0. The number of alkyl halides is 2. The number of aliphatic hydroxyl groups is 1. The number of pyridine rings is 1. The van der Waals surface area contributed by atoms with E-state index < -0.39 is 41.0 Å². The molecule has 222 valence electrons. The van der Waals surface area contributed by atoms with Crippen molar-refractivity contribution >= 4 is 17.4 Å². The summed E-state index contributed by atoms with van der Waals surface area (Å²) in [5.74, 6) is -2.97. The van der Waals surface area contributed by atoms with Gasteiger partial charge in [0, 0.05) is 43.4 Å². The minimum Gasteiger partial charge on any atom is -0.497 e. The van der Waals surface area contributed by atoms with Gasteiger partial charge in [-0.2, -0.15) is 13.5 Å². The molecular weight excluding hydrogens is 566 g/mol. The summed E-state index contributed by atoms with van der Waals surface area (Å²) in [6.45, 7) is -3.17. The quantitative estimate of drug-likeness (QED) is 0.225. The number of hydrogen-bond donors (Lipinski definition) is 3. The monoisotopic (exact) mass is 591 g/mol. The van der Waals surface area contributed by atoms with Crippen LogP contribution in [-0.4, -0.2) is 59.3 Å². The van der Waals surface area contributed by atoms with Gasteiger partial charge in [0.25, 0.3) is 11.5 Å².